The van der Waals surface area contributed by atoms with Crippen LogP contribution in [0.1, 0.15) is 49.4 Å². The third-order valence-corrected chi connectivity index (χ3v) is 6.90. The average Bonchev–Trinajstić information content (AvgIpc) is 2.79. The number of hydrogen-bond acceptors (Lipinski definition) is 5. The van der Waals surface area contributed by atoms with E-state index < -0.39 is 22.1 Å². The number of rotatable bonds is 8. The van der Waals surface area contributed by atoms with E-state index in [2.05, 4.69) is 10.6 Å². The van der Waals surface area contributed by atoms with E-state index in [-0.39, 0.29) is 10.8 Å². The number of nitrogens with one attached hydrogen (secondary N) is 3. The molecule has 0 unspecified atom stereocenters. The molecule has 2 aromatic carbocycles. The molecule has 3 rings (SSSR count). The molecule has 0 radical (unpaired) electrons. The van der Waals surface area contributed by atoms with Crippen molar-refractivity contribution in [2.45, 2.75) is 49.4 Å². The predicted octanol–water partition coefficient (Wildman–Crippen LogP) is 3.64. The highest BCUT2D eigenvalue weighted by molar-refractivity contribution is 7.90. The number of ether oxygens (including phenoxy) is 1. The second kappa shape index (κ2) is 11.4. The van der Waals surface area contributed by atoms with Gasteiger partial charge in [-0.3, -0.25) is 4.79 Å². The minimum atomic E-state index is -4.08. The highest BCUT2D eigenvalue weighted by Gasteiger charge is 2.21. The Morgan fingerprint density at radius 3 is 2.48 bits per heavy atom. The van der Waals surface area contributed by atoms with Gasteiger partial charge in [0, 0.05) is 17.6 Å². The number of carbonyl (C=O) groups excluding carboxylic acids is 2. The second-order valence-electron chi connectivity index (χ2n) is 7.72. The van der Waals surface area contributed by atoms with Crippen molar-refractivity contribution in [3.8, 4) is 5.75 Å². The largest absolute Gasteiger partial charge is 0.496 e. The number of sulfonamides is 1. The summed E-state index contributed by atoms with van der Waals surface area (Å²) in [5.41, 5.74) is 1.12. The molecule has 0 heterocycles. The Labute approximate surface area is 200 Å². The number of halogens is 1. The first kappa shape index (κ1) is 23.4. The van der Waals surface area contributed by atoms with Crippen molar-refractivity contribution in [1.82, 2.24) is 15.4 Å². The van der Waals surface area contributed by atoms with Crippen LogP contribution in [0.15, 0.2) is 47.4 Å². The molecule has 0 spiro atoms. The lowest BCUT2D eigenvalue weighted by atomic mass is 9.96. The first-order valence-electron chi connectivity index (χ1n) is 11.2. The monoisotopic (exact) mass is 494 g/mol. The molecule has 0 saturated heterocycles. The Hall–Kier alpha value is -2.78. The molecule has 0 aliphatic heterocycles. The van der Waals surface area contributed by atoms with Gasteiger partial charge in [-0.25, -0.2) is 17.9 Å². The van der Waals surface area contributed by atoms with Crippen LogP contribution < -0.4 is 20.1 Å². The second-order valence-corrected chi connectivity index (χ2v) is 9.84. The van der Waals surface area contributed by atoms with E-state index in [9.17, 15) is 18.0 Å². The molecule has 0 atom stereocenters. The van der Waals surface area contributed by atoms with Crippen LogP contribution in [0.4, 0.5) is 4.79 Å². The molecule has 3 amide bonds. The molecule has 10 heteroatoms. The quantitative estimate of drug-likeness (QED) is 0.518. The summed E-state index contributed by atoms with van der Waals surface area (Å²) in [4.78, 5) is 24.5. The fraction of sp³-hybridized carbons (Fsp3) is 0.391. The van der Waals surface area contributed by atoms with Gasteiger partial charge < -0.3 is 15.4 Å². The van der Waals surface area contributed by atoms with Crippen molar-refractivity contribution in [2.24, 2.45) is 0 Å². The average molecular weight is 495 g/mol. The lowest BCUT2D eigenvalue weighted by Gasteiger charge is -2.22. The summed E-state index contributed by atoms with van der Waals surface area (Å²) in [6, 6.07) is 8.75. The summed E-state index contributed by atoms with van der Waals surface area (Å²) in [5.74, 6) is 0.0757. The van der Waals surface area contributed by atoms with Gasteiger partial charge in [-0.1, -0.05) is 43.0 Å². The Morgan fingerprint density at radius 2 is 1.82 bits per heavy atom. The fourth-order valence-corrected chi connectivity index (χ4v) is 4.66. The summed E-state index contributed by atoms with van der Waals surface area (Å²) in [6.45, 7) is 0.312. The maximum atomic E-state index is 12.5. The molecule has 1 saturated carbocycles. The third-order valence-electron chi connectivity index (χ3n) is 5.31. The molecule has 0 aromatic heterocycles. The lowest BCUT2D eigenvalue weighted by molar-refractivity contribution is 0.0951. The Bertz CT molecular complexity index is 1140. The number of urea groups is 1. The number of amides is 3. The van der Waals surface area contributed by atoms with Crippen LogP contribution in [0.2, 0.25) is 5.02 Å². The summed E-state index contributed by atoms with van der Waals surface area (Å²) >= 11 is 5.96. The van der Waals surface area contributed by atoms with Gasteiger partial charge in [-0.15, -0.1) is 0 Å². The van der Waals surface area contributed by atoms with Crippen LogP contribution >= 0.6 is 11.6 Å². The van der Waals surface area contributed by atoms with E-state index in [0.717, 1.165) is 24.8 Å². The van der Waals surface area contributed by atoms with Gasteiger partial charge >= 0.3 is 6.03 Å². The van der Waals surface area contributed by atoms with Gasteiger partial charge in [-0.2, -0.15) is 0 Å². The lowest BCUT2D eigenvalue weighted by Crippen LogP contribution is -2.45. The molecular weight excluding hydrogens is 466 g/mol. The molecule has 178 valence electrons. The van der Waals surface area contributed by atoms with Gasteiger partial charge in [0.25, 0.3) is 15.9 Å². The minimum absolute atomic E-state index is 0.0678. The summed E-state index contributed by atoms with van der Waals surface area (Å²) in [5, 5.41) is 5.68. The van der Waals surface area contributed by atoms with E-state index >= 15 is 0 Å². The number of methoxy groups -OCH3 is 1. The maximum Gasteiger partial charge on any atom is 0.328 e. The van der Waals surface area contributed by atoms with Gasteiger partial charge in [0.05, 0.1) is 18.9 Å². The van der Waals surface area contributed by atoms with Gasteiger partial charge in [0.2, 0.25) is 0 Å². The Morgan fingerprint density at radius 1 is 1.12 bits per heavy atom. The van der Waals surface area contributed by atoms with Crippen LogP contribution in [0.5, 0.6) is 5.75 Å². The van der Waals surface area contributed by atoms with E-state index in [0.29, 0.717) is 42.1 Å². The van der Waals surface area contributed by atoms with Crippen molar-refractivity contribution in [3.63, 3.8) is 0 Å². The minimum Gasteiger partial charge on any atom is -0.496 e. The third kappa shape index (κ3) is 7.10. The summed E-state index contributed by atoms with van der Waals surface area (Å²) in [6.07, 6.45) is 4.11. The molecule has 1 fully saturated rings. The highest BCUT2D eigenvalue weighted by atomic mass is 35.5. The van der Waals surface area contributed by atoms with Gasteiger partial charge in [0.1, 0.15) is 5.75 Å². The van der Waals surface area contributed by atoms with E-state index in [1.54, 1.807) is 24.3 Å². The number of carbonyl (C=O) groups is 2. The number of hydrogen-bond donors (Lipinski definition) is 3. The number of benzene rings is 2. The van der Waals surface area contributed by atoms with Crippen LogP contribution in [0, 0.1) is 0 Å². The van der Waals surface area contributed by atoms with Crippen LogP contribution in [0.3, 0.4) is 0 Å². The summed E-state index contributed by atoms with van der Waals surface area (Å²) < 4.78 is 40.5. The molecule has 2 aromatic rings. The van der Waals surface area contributed by atoms with Crippen LogP contribution in [0.25, 0.3) is 0 Å². The molecule has 1 aliphatic carbocycles. The zero-order chi connectivity index (χ0) is 24.8. The van der Waals surface area contributed by atoms with E-state index in [1.165, 1.54) is 25.3 Å². The molecule has 33 heavy (non-hydrogen) atoms. The van der Waals surface area contributed by atoms with Gasteiger partial charge in [-0.05, 0) is 55.2 Å². The predicted molar refractivity (Wildman–Crippen MR) is 126 cm³/mol. The normalized spacial score (nSPS) is 15.8. The molecular formula is C23H28ClN3O5S. The van der Waals surface area contributed by atoms with Crippen LogP contribution in [-0.4, -0.2) is 40.0 Å². The molecule has 0 bridgehead atoms. The van der Waals surface area contributed by atoms with Crippen molar-refractivity contribution >= 4 is 33.6 Å². The fourth-order valence-electron chi connectivity index (χ4n) is 3.58. The standard InChI is InChI=1S/C23H28ClN3O5S/c1-32-21-12-9-17(24)15-20(21)22(28)25-14-13-16-7-10-19(11-8-16)33(30,31)27-23(29)26-18-5-3-2-4-6-18/h7-12,15,18H,2-6,13-14H2,1H3,(H,25,28)(H2,26,27,29)/i18D. The van der Waals surface area contributed by atoms with E-state index in [1.807, 2.05) is 4.72 Å². The smallest absolute Gasteiger partial charge is 0.328 e. The first-order valence-corrected chi connectivity index (χ1v) is 12.5. The molecule has 1 aliphatic rings. The Kier molecular flexibility index (Phi) is 8.06. The topological polar surface area (TPSA) is 114 Å². The zero-order valence-corrected chi connectivity index (χ0v) is 19.9. The van der Waals surface area contributed by atoms with Crippen molar-refractivity contribution < 1.29 is 24.1 Å². The van der Waals surface area contributed by atoms with Crippen molar-refractivity contribution in [2.75, 3.05) is 13.7 Å². The Balaban J connectivity index is 1.53. The SMILES string of the molecule is [2H]C1(NC(=O)NS(=O)(=O)c2ccc(CCNC(=O)c3cc(Cl)ccc3OC)cc2)CCCCC1. The molecule has 8 nitrogen and oxygen atoms in total. The first-order chi connectivity index (χ1) is 16.1. The van der Waals surface area contributed by atoms with Gasteiger partial charge in [0.15, 0.2) is 0 Å². The van der Waals surface area contributed by atoms with Crippen molar-refractivity contribution in [3.05, 3.63) is 58.6 Å². The molecule has 3 N–H and O–H groups in total. The highest BCUT2D eigenvalue weighted by Crippen LogP contribution is 2.22. The summed E-state index contributed by atoms with van der Waals surface area (Å²) in [7, 11) is -2.61. The maximum absolute atomic E-state index is 12.5. The van der Waals surface area contributed by atoms with Crippen molar-refractivity contribution in [1.29, 1.82) is 0 Å². The van der Waals surface area contributed by atoms with Crippen LogP contribution in [-0.2, 0) is 16.4 Å². The van der Waals surface area contributed by atoms with E-state index in [4.69, 9.17) is 17.7 Å². The zero-order valence-electron chi connectivity index (χ0n) is 19.3.